The van der Waals surface area contributed by atoms with E-state index in [4.69, 9.17) is 14.2 Å². The van der Waals surface area contributed by atoms with Crippen molar-refractivity contribution in [2.45, 2.75) is 136 Å². The Morgan fingerprint density at radius 1 is 1.06 bits per heavy atom. The van der Waals surface area contributed by atoms with Crippen molar-refractivity contribution >= 4 is 15.9 Å². The van der Waals surface area contributed by atoms with Gasteiger partial charge in [-0.05, 0) is 96.7 Å². The number of aliphatic hydroxyl groups is 1. The van der Waals surface area contributed by atoms with Gasteiger partial charge in [0.15, 0.2) is 6.29 Å². The Balaban J connectivity index is 1.09. The monoisotopic (exact) mass is 732 g/mol. The van der Waals surface area contributed by atoms with Gasteiger partial charge < -0.3 is 24.2 Å². The molecule has 7 rings (SSSR count). The highest BCUT2D eigenvalue weighted by molar-refractivity contribution is 7.89. The predicted octanol–water partition coefficient (Wildman–Crippen LogP) is 5.81. The number of hydrogen-bond acceptors (Lipinski definition) is 7. The number of sulfonamides is 1. The standard InChI is InChI=1S/C37H59F3N2O7S/c1-21(2)31(44)42-15-16-47-27(19-42)49-26-11-12-35-20-36(35)14-13-33(6)28-22(3)17-23(18-41(8)50(45,46)37(38,39)40)48-29(28)30(43)34(33,7)25(36)10-9-24(35)32(26,4)5/h21-30,43H,9-20H2,1-8H3/t22-,23?,24+,25?,26?,27+,28?,29?,30+,33-,34-,35-,36+/m1/s1. The van der Waals surface area contributed by atoms with Crippen molar-refractivity contribution in [3.8, 4) is 0 Å². The van der Waals surface area contributed by atoms with Crippen LogP contribution in [-0.4, -0.2) is 98.1 Å². The van der Waals surface area contributed by atoms with E-state index >= 15 is 0 Å². The molecule has 1 N–H and O–H groups in total. The van der Waals surface area contributed by atoms with Gasteiger partial charge in [-0.1, -0.05) is 48.5 Å². The molecule has 0 aromatic heterocycles. The summed E-state index contributed by atoms with van der Waals surface area (Å²) in [4.78, 5) is 14.6. The van der Waals surface area contributed by atoms with Crippen molar-refractivity contribution in [1.29, 1.82) is 0 Å². The topological polar surface area (TPSA) is 106 Å². The third-order valence-corrected chi connectivity index (χ3v) is 17.7. The lowest BCUT2D eigenvalue weighted by Gasteiger charge is -2.64. The Kier molecular flexibility index (Phi) is 8.78. The molecule has 5 aliphatic carbocycles. The number of carbonyl (C=O) groups excluding carboxylic acids is 1. The minimum atomic E-state index is -5.48. The molecule has 0 bridgehead atoms. The van der Waals surface area contributed by atoms with Crippen LogP contribution in [0.3, 0.4) is 0 Å². The zero-order valence-electron chi connectivity index (χ0n) is 31.1. The summed E-state index contributed by atoms with van der Waals surface area (Å²) in [6, 6.07) is 0. The number of alkyl halides is 3. The van der Waals surface area contributed by atoms with Crippen LogP contribution in [0.15, 0.2) is 0 Å². The maximum Gasteiger partial charge on any atom is 0.511 e. The van der Waals surface area contributed by atoms with Crippen LogP contribution in [0, 0.1) is 56.7 Å². The van der Waals surface area contributed by atoms with Crippen molar-refractivity contribution in [2.75, 3.05) is 33.3 Å². The summed E-state index contributed by atoms with van der Waals surface area (Å²) < 4.78 is 83.8. The van der Waals surface area contributed by atoms with Gasteiger partial charge in [0, 0.05) is 31.5 Å². The first-order chi connectivity index (χ1) is 23.1. The molecule has 9 nitrogen and oxygen atoms in total. The highest BCUT2D eigenvalue weighted by Gasteiger charge is 2.84. The van der Waals surface area contributed by atoms with Gasteiger partial charge in [-0.3, -0.25) is 4.79 Å². The Morgan fingerprint density at radius 3 is 2.38 bits per heavy atom. The number of amides is 1. The molecule has 0 radical (unpaired) electrons. The number of morpholine rings is 1. The molecular formula is C37H59F3N2O7S. The fourth-order valence-electron chi connectivity index (χ4n) is 13.8. The van der Waals surface area contributed by atoms with Crippen LogP contribution in [0.25, 0.3) is 0 Å². The number of nitrogens with zero attached hydrogens (tertiary/aromatic N) is 2. The predicted molar refractivity (Wildman–Crippen MR) is 180 cm³/mol. The smallest absolute Gasteiger partial charge is 0.390 e. The highest BCUT2D eigenvalue weighted by atomic mass is 32.2. The second-order valence-corrected chi connectivity index (χ2v) is 20.8. The molecule has 50 heavy (non-hydrogen) atoms. The fraction of sp³-hybridized carbons (Fsp3) is 0.973. The van der Waals surface area contributed by atoms with Crippen LogP contribution in [0.5, 0.6) is 0 Å². The summed E-state index contributed by atoms with van der Waals surface area (Å²) in [7, 11) is -4.52. The van der Waals surface area contributed by atoms with E-state index in [-0.39, 0.29) is 51.4 Å². The van der Waals surface area contributed by atoms with E-state index in [1.165, 1.54) is 0 Å². The highest BCUT2D eigenvalue weighted by Crippen LogP contribution is 2.89. The molecular weight excluding hydrogens is 673 g/mol. The molecule has 0 aromatic rings. The summed E-state index contributed by atoms with van der Waals surface area (Å²) in [6.45, 7) is 16.4. The van der Waals surface area contributed by atoms with Crippen molar-refractivity contribution in [3.63, 3.8) is 0 Å². The Morgan fingerprint density at radius 2 is 1.72 bits per heavy atom. The van der Waals surface area contributed by atoms with E-state index < -0.39 is 52.1 Å². The van der Waals surface area contributed by atoms with Gasteiger partial charge in [0.25, 0.3) is 0 Å². The summed E-state index contributed by atoms with van der Waals surface area (Å²) in [5.41, 5.74) is -5.84. The Hall–Kier alpha value is -0.990. The molecule has 1 amide bonds. The van der Waals surface area contributed by atoms with Gasteiger partial charge >= 0.3 is 15.5 Å². The van der Waals surface area contributed by atoms with Crippen LogP contribution in [0.2, 0.25) is 0 Å². The normalized spacial score (nSPS) is 48.4. The van der Waals surface area contributed by atoms with Crippen molar-refractivity contribution in [3.05, 3.63) is 0 Å². The molecule has 7 fully saturated rings. The van der Waals surface area contributed by atoms with Crippen LogP contribution in [-0.2, 0) is 29.0 Å². The SMILES string of the molecule is CC(C)C(=O)N1CCO[C@@H](OC2CC[C@]34C[C@]35CC[C@]3(C)C6C(OC(CN(C)S(=O)(=O)C(F)(F)F)C[C@H]6C)[C@H](O)[C@@]3(C)C5CC[C@H]4C2(C)C)C1. The first-order valence-corrected chi connectivity index (χ1v) is 20.4. The molecule has 5 unspecified atom stereocenters. The maximum atomic E-state index is 13.3. The van der Waals surface area contributed by atoms with Gasteiger partial charge in [0.2, 0.25) is 5.91 Å². The van der Waals surface area contributed by atoms with Gasteiger partial charge in [0.1, 0.15) is 0 Å². The number of carbonyl (C=O) groups is 1. The van der Waals surface area contributed by atoms with E-state index in [9.17, 15) is 31.5 Å². The van der Waals surface area contributed by atoms with Gasteiger partial charge in [-0.25, -0.2) is 8.42 Å². The van der Waals surface area contributed by atoms with Gasteiger partial charge in [-0.15, -0.1) is 0 Å². The average molecular weight is 733 g/mol. The zero-order valence-corrected chi connectivity index (χ0v) is 31.9. The van der Waals surface area contributed by atoms with Crippen LogP contribution < -0.4 is 0 Å². The number of fused-ring (bicyclic) bond motifs is 4. The molecule has 13 atom stereocenters. The van der Waals surface area contributed by atoms with E-state index in [1.54, 1.807) is 0 Å². The number of hydrogen-bond donors (Lipinski definition) is 1. The lowest BCUT2D eigenvalue weighted by molar-refractivity contribution is -0.248. The third-order valence-electron chi connectivity index (χ3n) is 16.1. The van der Waals surface area contributed by atoms with Gasteiger partial charge in [-0.2, -0.15) is 17.5 Å². The van der Waals surface area contributed by atoms with Crippen molar-refractivity contribution < 1.29 is 45.7 Å². The summed E-state index contributed by atoms with van der Waals surface area (Å²) in [6.07, 6.45) is 5.18. The molecule has 286 valence electrons. The van der Waals surface area contributed by atoms with Crippen molar-refractivity contribution in [2.24, 2.45) is 56.7 Å². The number of rotatable bonds is 6. The second kappa shape index (κ2) is 11.8. The second-order valence-electron chi connectivity index (χ2n) is 18.7. The average Bonchev–Trinajstić information content (AvgIpc) is 3.66. The van der Waals surface area contributed by atoms with Crippen LogP contribution in [0.4, 0.5) is 13.2 Å². The number of ether oxygens (including phenoxy) is 3. The first kappa shape index (κ1) is 37.3. The molecule has 13 heteroatoms. The van der Waals surface area contributed by atoms with Gasteiger partial charge in [0.05, 0.1) is 37.6 Å². The molecule has 0 aromatic carbocycles. The largest absolute Gasteiger partial charge is 0.511 e. The number of halogens is 3. The van der Waals surface area contributed by atoms with E-state index in [0.717, 1.165) is 52.0 Å². The number of aliphatic hydroxyl groups excluding tert-OH is 1. The van der Waals surface area contributed by atoms with Crippen LogP contribution in [0.1, 0.15) is 99.8 Å². The minimum Gasteiger partial charge on any atom is -0.390 e. The molecule has 5 saturated carbocycles. The Labute approximate surface area is 296 Å². The minimum absolute atomic E-state index is 0.0151. The van der Waals surface area contributed by atoms with E-state index in [1.807, 2.05) is 18.7 Å². The van der Waals surface area contributed by atoms with E-state index in [0.29, 0.717) is 42.3 Å². The molecule has 7 aliphatic rings. The molecule has 2 saturated heterocycles. The fourth-order valence-corrected chi connectivity index (χ4v) is 14.5. The molecule has 2 aliphatic heterocycles. The molecule has 2 spiro atoms. The number of likely N-dealkylation sites (N-methyl/N-ethyl adjacent to an activating group) is 1. The summed E-state index contributed by atoms with van der Waals surface area (Å²) >= 11 is 0. The molecule has 2 heterocycles. The summed E-state index contributed by atoms with van der Waals surface area (Å²) in [5, 5.41) is 12.4. The zero-order chi connectivity index (χ0) is 36.6. The summed E-state index contributed by atoms with van der Waals surface area (Å²) in [5.74, 6) is 0.903. The lowest BCUT2D eigenvalue weighted by atomic mass is 9.41. The maximum absolute atomic E-state index is 13.3. The quantitative estimate of drug-likeness (QED) is 0.368. The Bertz CT molecular complexity index is 1480. The lowest BCUT2D eigenvalue weighted by Crippen LogP contribution is -2.60. The van der Waals surface area contributed by atoms with E-state index in [2.05, 4.69) is 34.6 Å². The van der Waals surface area contributed by atoms with Crippen molar-refractivity contribution in [1.82, 2.24) is 9.21 Å². The van der Waals surface area contributed by atoms with Crippen LogP contribution >= 0.6 is 0 Å². The first-order valence-electron chi connectivity index (χ1n) is 19.0. The third kappa shape index (κ3) is 4.93.